The number of rotatable bonds is 8. The largest absolute Gasteiger partial charge is 0.480 e. The fourth-order valence-electron chi connectivity index (χ4n) is 9.04. The van der Waals surface area contributed by atoms with E-state index in [-0.39, 0.29) is 11.5 Å². The molecule has 9 atom stereocenters. The number of alkyl carbamates (subject to hydrolysis) is 1. The molecule has 0 aromatic rings. The van der Waals surface area contributed by atoms with Crippen LogP contribution in [0.5, 0.6) is 0 Å². The van der Waals surface area contributed by atoms with E-state index >= 15 is 0 Å². The maximum Gasteiger partial charge on any atom is 0.408 e. The van der Waals surface area contributed by atoms with Crippen LogP contribution in [0, 0.1) is 40.4 Å². The lowest BCUT2D eigenvalue weighted by Gasteiger charge is -2.58. The second-order valence-corrected chi connectivity index (χ2v) is 14.4. The number of nitrogens with one attached hydrogen (secondary N) is 2. The first-order valence-electron chi connectivity index (χ1n) is 15.0. The summed E-state index contributed by atoms with van der Waals surface area (Å²) in [5.41, 5.74) is 1.51. The Morgan fingerprint density at radius 3 is 2.55 bits per heavy atom. The number of hydrogen-bond donors (Lipinski definition) is 4. The number of amides is 1. The van der Waals surface area contributed by atoms with Gasteiger partial charge in [-0.2, -0.15) is 0 Å². The van der Waals surface area contributed by atoms with E-state index in [1.54, 1.807) is 20.8 Å². The van der Waals surface area contributed by atoms with Gasteiger partial charge in [0.15, 0.2) is 0 Å². The quantitative estimate of drug-likeness (QED) is 0.242. The maximum atomic E-state index is 12.0. The monoisotopic (exact) mass is 532 g/mol. The van der Waals surface area contributed by atoms with Crippen molar-refractivity contribution in [1.82, 2.24) is 10.6 Å². The minimum Gasteiger partial charge on any atom is -0.480 e. The minimum absolute atomic E-state index is 0.150. The highest BCUT2D eigenvalue weighted by Crippen LogP contribution is 2.67. The van der Waals surface area contributed by atoms with Gasteiger partial charge in [-0.15, -0.1) is 0 Å². The maximum absolute atomic E-state index is 12.0. The van der Waals surface area contributed by atoms with Crippen LogP contribution in [-0.4, -0.2) is 53.1 Å². The third kappa shape index (κ3) is 5.94. The number of fused-ring (bicyclic) bond motifs is 5. The van der Waals surface area contributed by atoms with Gasteiger partial charge in [0.25, 0.3) is 0 Å². The lowest BCUT2D eigenvalue weighted by Crippen LogP contribution is -2.51. The molecule has 0 bridgehead atoms. The molecule has 0 aromatic carbocycles. The summed E-state index contributed by atoms with van der Waals surface area (Å²) in [6, 6.07) is -0.970. The second-order valence-electron chi connectivity index (χ2n) is 14.4. The van der Waals surface area contributed by atoms with Crippen molar-refractivity contribution in [2.45, 2.75) is 117 Å². The molecule has 4 aliphatic carbocycles. The van der Waals surface area contributed by atoms with Gasteiger partial charge >= 0.3 is 12.1 Å². The zero-order valence-corrected chi connectivity index (χ0v) is 24.5. The van der Waals surface area contributed by atoms with Crippen LogP contribution in [0.4, 0.5) is 4.79 Å². The van der Waals surface area contributed by atoms with Crippen LogP contribution in [0.25, 0.3) is 0 Å². The first-order valence-corrected chi connectivity index (χ1v) is 15.0. The molecule has 0 heterocycles. The van der Waals surface area contributed by atoms with E-state index < -0.39 is 23.7 Å². The van der Waals surface area contributed by atoms with Gasteiger partial charge in [-0.05, 0) is 132 Å². The van der Waals surface area contributed by atoms with Crippen LogP contribution in [0.2, 0.25) is 0 Å². The molecule has 38 heavy (non-hydrogen) atoms. The summed E-state index contributed by atoms with van der Waals surface area (Å²) in [6.07, 6.45) is 11.3. The van der Waals surface area contributed by atoms with Crippen molar-refractivity contribution < 1.29 is 24.5 Å². The molecular weight excluding hydrogens is 480 g/mol. The third-order valence-electron chi connectivity index (χ3n) is 10.9. The fourth-order valence-corrected chi connectivity index (χ4v) is 9.04. The summed E-state index contributed by atoms with van der Waals surface area (Å²) in [7, 11) is 0. The van der Waals surface area contributed by atoms with E-state index in [0.29, 0.717) is 30.2 Å². The first-order chi connectivity index (χ1) is 17.7. The van der Waals surface area contributed by atoms with Gasteiger partial charge < -0.3 is 25.6 Å². The molecule has 0 spiro atoms. The zero-order chi connectivity index (χ0) is 27.9. The number of carbonyl (C=O) groups excluding carboxylic acids is 1. The van der Waals surface area contributed by atoms with Gasteiger partial charge in [0.1, 0.15) is 11.6 Å². The summed E-state index contributed by atoms with van der Waals surface area (Å²) in [5.74, 6) is 2.43. The predicted molar refractivity (Wildman–Crippen MR) is 149 cm³/mol. The zero-order valence-electron chi connectivity index (χ0n) is 24.5. The smallest absolute Gasteiger partial charge is 0.408 e. The van der Waals surface area contributed by atoms with Gasteiger partial charge in [-0.25, -0.2) is 9.59 Å². The molecule has 4 aliphatic rings. The summed E-state index contributed by atoms with van der Waals surface area (Å²) < 4.78 is 5.22. The molecular formula is C31H52N2O5. The summed E-state index contributed by atoms with van der Waals surface area (Å²) in [5, 5.41) is 25.8. The molecule has 1 amide bonds. The Balaban J connectivity index is 1.30. The SMILES string of the molecule is C[C@H](CNCC[C@H](NC(=O)OC(C)(C)C)C(=O)O)[C@H]1CC[C@H]2C3CC=C4C[C@@H](O)CC[C@]4(C)[C@H]3CC[C@]12C. The third-order valence-corrected chi connectivity index (χ3v) is 10.9. The van der Waals surface area contributed by atoms with Gasteiger partial charge in [0.05, 0.1) is 6.10 Å². The molecule has 0 aromatic heterocycles. The van der Waals surface area contributed by atoms with Crippen LogP contribution >= 0.6 is 0 Å². The van der Waals surface area contributed by atoms with E-state index in [4.69, 9.17) is 4.74 Å². The Morgan fingerprint density at radius 2 is 1.87 bits per heavy atom. The normalized spacial score (nSPS) is 38.2. The standard InChI is InChI=1S/C31H52N2O5/c1-19(18-32-16-13-26(27(35)36)33-28(37)38-29(2,3)4)23-9-10-24-22-8-7-20-17-21(34)11-14-30(20,5)25(22)12-15-31(23,24)6/h7,19,21-26,32,34H,8-18H2,1-6H3,(H,33,37)(H,35,36)/t19-,21+,22?,23-,24+,25+,26+,30+,31-/m1/s1. The summed E-state index contributed by atoms with van der Waals surface area (Å²) >= 11 is 0. The highest BCUT2D eigenvalue weighted by atomic mass is 16.6. The van der Waals surface area contributed by atoms with Gasteiger partial charge in [-0.3, -0.25) is 0 Å². The summed E-state index contributed by atoms with van der Waals surface area (Å²) in [6.45, 7) is 14.1. The highest BCUT2D eigenvalue weighted by molar-refractivity contribution is 5.80. The van der Waals surface area contributed by atoms with E-state index in [0.717, 1.165) is 43.6 Å². The topological polar surface area (TPSA) is 108 Å². The average Bonchev–Trinajstić information content (AvgIpc) is 3.17. The molecule has 3 fully saturated rings. The van der Waals surface area contributed by atoms with Gasteiger partial charge in [0.2, 0.25) is 0 Å². The molecule has 0 saturated heterocycles. The van der Waals surface area contributed by atoms with E-state index in [1.165, 1.54) is 37.7 Å². The van der Waals surface area contributed by atoms with Crippen LogP contribution in [0.3, 0.4) is 0 Å². The van der Waals surface area contributed by atoms with E-state index in [9.17, 15) is 19.8 Å². The van der Waals surface area contributed by atoms with Gasteiger partial charge in [0, 0.05) is 0 Å². The van der Waals surface area contributed by atoms with Crippen molar-refractivity contribution in [3.63, 3.8) is 0 Å². The Bertz CT molecular complexity index is 912. The second kappa shape index (κ2) is 11.1. The van der Waals surface area contributed by atoms with Crippen molar-refractivity contribution in [2.24, 2.45) is 40.4 Å². The van der Waals surface area contributed by atoms with Crippen molar-refractivity contribution in [3.8, 4) is 0 Å². The van der Waals surface area contributed by atoms with Gasteiger partial charge in [-0.1, -0.05) is 32.4 Å². The number of carboxylic acid groups (broad SMARTS) is 1. The van der Waals surface area contributed by atoms with Crippen LogP contribution < -0.4 is 10.6 Å². The molecule has 216 valence electrons. The molecule has 4 rings (SSSR count). The molecule has 1 unspecified atom stereocenters. The molecule has 0 radical (unpaired) electrons. The number of aliphatic carboxylic acids is 1. The van der Waals surface area contributed by atoms with Crippen LogP contribution in [0.15, 0.2) is 11.6 Å². The Morgan fingerprint density at radius 1 is 1.13 bits per heavy atom. The molecule has 3 saturated carbocycles. The molecule has 4 N–H and O–H groups in total. The average molecular weight is 533 g/mol. The number of hydrogen-bond acceptors (Lipinski definition) is 5. The lowest BCUT2D eigenvalue weighted by atomic mass is 9.47. The van der Waals surface area contributed by atoms with E-state index in [2.05, 4.69) is 37.5 Å². The molecule has 0 aliphatic heterocycles. The minimum atomic E-state index is -1.04. The molecule has 7 heteroatoms. The van der Waals surface area contributed by atoms with Crippen molar-refractivity contribution in [2.75, 3.05) is 13.1 Å². The number of aliphatic hydroxyl groups is 1. The number of carboxylic acids is 1. The number of aliphatic hydroxyl groups excluding tert-OH is 1. The van der Waals surface area contributed by atoms with Crippen molar-refractivity contribution in [1.29, 1.82) is 0 Å². The Kier molecular flexibility index (Phi) is 8.59. The first kappa shape index (κ1) is 29.4. The number of carbonyl (C=O) groups is 2. The van der Waals surface area contributed by atoms with Crippen molar-refractivity contribution >= 4 is 12.1 Å². The summed E-state index contributed by atoms with van der Waals surface area (Å²) in [4.78, 5) is 23.7. The predicted octanol–water partition coefficient (Wildman–Crippen LogP) is 5.52. The fraction of sp³-hybridized carbons (Fsp3) is 0.871. The molecule has 7 nitrogen and oxygen atoms in total. The van der Waals surface area contributed by atoms with Crippen molar-refractivity contribution in [3.05, 3.63) is 11.6 Å². The number of allylic oxidation sites excluding steroid dienone is 1. The highest BCUT2D eigenvalue weighted by Gasteiger charge is 2.59. The Hall–Kier alpha value is -1.60. The van der Waals surface area contributed by atoms with Crippen LogP contribution in [0.1, 0.15) is 99.3 Å². The van der Waals surface area contributed by atoms with Crippen LogP contribution in [-0.2, 0) is 9.53 Å². The Labute approximate surface area is 229 Å². The lowest BCUT2D eigenvalue weighted by molar-refractivity contribution is -0.139. The van der Waals surface area contributed by atoms with E-state index in [1.807, 2.05) is 0 Å². The number of ether oxygens (including phenoxy) is 1.